The van der Waals surface area contributed by atoms with E-state index in [1.54, 1.807) is 6.08 Å². The van der Waals surface area contributed by atoms with Crippen LogP contribution in [0, 0.1) is 0 Å². The van der Waals surface area contributed by atoms with E-state index in [1.165, 1.54) is 11.3 Å². The Hall–Kier alpha value is -0.280. The van der Waals surface area contributed by atoms with E-state index in [4.69, 9.17) is 0 Å². The molecule has 0 amide bonds. The van der Waals surface area contributed by atoms with Crippen molar-refractivity contribution in [3.63, 3.8) is 0 Å². The zero-order chi connectivity index (χ0) is 5.98. The summed E-state index contributed by atoms with van der Waals surface area (Å²) in [6.45, 7) is 3.55. The maximum absolute atomic E-state index is 4.02. The zero-order valence-electron chi connectivity index (χ0n) is 4.16. The first-order valence-electron chi connectivity index (χ1n) is 2.10. The van der Waals surface area contributed by atoms with Gasteiger partial charge in [0.1, 0.15) is 4.34 Å². The van der Waals surface area contributed by atoms with Crippen LogP contribution in [0.5, 0.6) is 0 Å². The molecule has 0 radical (unpaired) electrons. The number of hydrogen-bond donors (Lipinski definition) is 1. The predicted molar refractivity (Wildman–Crippen MR) is 39.5 cm³/mol. The maximum atomic E-state index is 4.02. The molecule has 0 fully saturated rings. The number of thiol groups is 1. The van der Waals surface area contributed by atoms with Crippen molar-refractivity contribution >= 4 is 30.0 Å². The number of nitrogens with zero attached hydrogens (tertiary/aromatic N) is 1. The van der Waals surface area contributed by atoms with Gasteiger partial charge in [0, 0.05) is 5.38 Å². The Bertz CT molecular complexity index is 192. The van der Waals surface area contributed by atoms with Gasteiger partial charge in [-0.15, -0.1) is 24.0 Å². The summed E-state index contributed by atoms with van der Waals surface area (Å²) < 4.78 is 0.792. The molecule has 1 heterocycles. The SMILES string of the molecule is C=Cc1csc(S)n1. The monoisotopic (exact) mass is 143 g/mol. The quantitative estimate of drug-likeness (QED) is 0.594. The van der Waals surface area contributed by atoms with Crippen molar-refractivity contribution in [1.29, 1.82) is 0 Å². The normalized spacial score (nSPS) is 9.12. The summed E-state index contributed by atoms with van der Waals surface area (Å²) >= 11 is 5.53. The van der Waals surface area contributed by atoms with Crippen molar-refractivity contribution in [3.8, 4) is 0 Å². The van der Waals surface area contributed by atoms with Gasteiger partial charge in [0.15, 0.2) is 0 Å². The molecule has 0 unspecified atom stereocenters. The van der Waals surface area contributed by atoms with Crippen molar-refractivity contribution in [1.82, 2.24) is 4.98 Å². The highest BCUT2D eigenvalue weighted by Crippen LogP contribution is 2.12. The summed E-state index contributed by atoms with van der Waals surface area (Å²) in [4.78, 5) is 3.99. The van der Waals surface area contributed by atoms with Crippen molar-refractivity contribution in [3.05, 3.63) is 17.7 Å². The Kier molecular flexibility index (Phi) is 1.70. The number of aromatic nitrogens is 1. The minimum Gasteiger partial charge on any atom is -0.231 e. The molecule has 0 aliphatic carbocycles. The highest BCUT2D eigenvalue weighted by molar-refractivity contribution is 7.82. The van der Waals surface area contributed by atoms with Crippen LogP contribution < -0.4 is 0 Å². The van der Waals surface area contributed by atoms with Crippen LogP contribution in [0.3, 0.4) is 0 Å². The van der Waals surface area contributed by atoms with Crippen molar-refractivity contribution < 1.29 is 0 Å². The van der Waals surface area contributed by atoms with E-state index in [-0.39, 0.29) is 0 Å². The van der Waals surface area contributed by atoms with Gasteiger partial charge < -0.3 is 0 Å². The van der Waals surface area contributed by atoms with Crippen LogP contribution in [0.1, 0.15) is 5.69 Å². The van der Waals surface area contributed by atoms with Gasteiger partial charge in [0.2, 0.25) is 0 Å². The minimum atomic E-state index is 0.792. The third kappa shape index (κ3) is 1.11. The van der Waals surface area contributed by atoms with Gasteiger partial charge in [-0.05, 0) is 6.08 Å². The van der Waals surface area contributed by atoms with Gasteiger partial charge in [-0.1, -0.05) is 6.58 Å². The molecule has 0 spiro atoms. The Balaban J connectivity index is 3.00. The number of hydrogen-bond acceptors (Lipinski definition) is 3. The van der Waals surface area contributed by atoms with E-state index >= 15 is 0 Å². The average Bonchev–Trinajstić information content (AvgIpc) is 2.14. The van der Waals surface area contributed by atoms with Crippen LogP contribution in [-0.4, -0.2) is 4.98 Å². The van der Waals surface area contributed by atoms with E-state index in [1.807, 2.05) is 5.38 Å². The molecule has 0 saturated carbocycles. The second-order valence-corrected chi connectivity index (χ2v) is 2.84. The molecule has 42 valence electrons. The summed E-state index contributed by atoms with van der Waals surface area (Å²) in [7, 11) is 0. The molecule has 0 saturated heterocycles. The van der Waals surface area contributed by atoms with Gasteiger partial charge in [-0.3, -0.25) is 0 Å². The minimum absolute atomic E-state index is 0.792. The van der Waals surface area contributed by atoms with Crippen molar-refractivity contribution in [2.75, 3.05) is 0 Å². The summed E-state index contributed by atoms with van der Waals surface area (Å²) in [5, 5.41) is 1.91. The first kappa shape index (κ1) is 5.85. The molecule has 1 aromatic heterocycles. The summed E-state index contributed by atoms with van der Waals surface area (Å²) in [6, 6.07) is 0. The number of thiazole rings is 1. The maximum Gasteiger partial charge on any atom is 0.147 e. The van der Waals surface area contributed by atoms with Crippen LogP contribution in [-0.2, 0) is 0 Å². The van der Waals surface area contributed by atoms with E-state index < -0.39 is 0 Å². The van der Waals surface area contributed by atoms with Crippen molar-refractivity contribution in [2.24, 2.45) is 0 Å². The second kappa shape index (κ2) is 2.33. The van der Waals surface area contributed by atoms with Gasteiger partial charge >= 0.3 is 0 Å². The Labute approximate surface area is 57.5 Å². The van der Waals surface area contributed by atoms with Gasteiger partial charge in [-0.2, -0.15) is 0 Å². The first-order chi connectivity index (χ1) is 3.83. The number of rotatable bonds is 1. The fourth-order valence-electron chi connectivity index (χ4n) is 0.370. The van der Waals surface area contributed by atoms with E-state index in [0.717, 1.165) is 10.0 Å². The third-order valence-corrected chi connectivity index (χ3v) is 1.80. The lowest BCUT2D eigenvalue weighted by Crippen LogP contribution is -1.64. The summed E-state index contributed by atoms with van der Waals surface area (Å²) in [5.74, 6) is 0. The van der Waals surface area contributed by atoms with Crippen LogP contribution in [0.2, 0.25) is 0 Å². The zero-order valence-corrected chi connectivity index (χ0v) is 5.88. The molecule has 0 N–H and O–H groups in total. The van der Waals surface area contributed by atoms with Crippen LogP contribution >= 0.6 is 24.0 Å². The molecule has 1 aromatic rings. The second-order valence-electron chi connectivity index (χ2n) is 1.26. The van der Waals surface area contributed by atoms with E-state index in [9.17, 15) is 0 Å². The molecule has 0 aliphatic heterocycles. The van der Waals surface area contributed by atoms with Gasteiger partial charge in [-0.25, -0.2) is 4.98 Å². The third-order valence-electron chi connectivity index (χ3n) is 0.719. The fraction of sp³-hybridized carbons (Fsp3) is 0. The topological polar surface area (TPSA) is 12.9 Å². The molecule has 0 aliphatic rings. The summed E-state index contributed by atoms with van der Waals surface area (Å²) in [5.41, 5.74) is 0.903. The van der Waals surface area contributed by atoms with Crippen molar-refractivity contribution in [2.45, 2.75) is 4.34 Å². The standard InChI is InChI=1S/C5H5NS2/c1-2-4-3-8-5(7)6-4/h2-3H,1H2,(H,6,7). The Morgan fingerprint density at radius 1 is 1.88 bits per heavy atom. The van der Waals surface area contributed by atoms with Crippen LogP contribution in [0.15, 0.2) is 16.3 Å². The molecule has 1 rings (SSSR count). The molecule has 3 heteroatoms. The first-order valence-corrected chi connectivity index (χ1v) is 3.42. The summed E-state index contributed by atoms with van der Waals surface area (Å²) in [6.07, 6.45) is 1.70. The smallest absolute Gasteiger partial charge is 0.147 e. The predicted octanol–water partition coefficient (Wildman–Crippen LogP) is 2.07. The Morgan fingerprint density at radius 3 is 2.88 bits per heavy atom. The van der Waals surface area contributed by atoms with Gasteiger partial charge in [0.05, 0.1) is 5.69 Å². The van der Waals surface area contributed by atoms with E-state index in [0.29, 0.717) is 0 Å². The lowest BCUT2D eigenvalue weighted by molar-refractivity contribution is 1.24. The molecular formula is C5H5NS2. The lowest BCUT2D eigenvalue weighted by atomic mass is 10.5. The fourth-order valence-corrected chi connectivity index (χ4v) is 1.18. The molecular weight excluding hydrogens is 138 g/mol. The largest absolute Gasteiger partial charge is 0.231 e. The van der Waals surface area contributed by atoms with E-state index in [2.05, 4.69) is 24.2 Å². The van der Waals surface area contributed by atoms with Crippen LogP contribution in [0.25, 0.3) is 6.08 Å². The highest BCUT2D eigenvalue weighted by Gasteiger charge is 1.89. The molecule has 0 atom stereocenters. The molecule has 8 heavy (non-hydrogen) atoms. The average molecular weight is 143 g/mol. The van der Waals surface area contributed by atoms with Gasteiger partial charge in [0.25, 0.3) is 0 Å². The molecule has 0 bridgehead atoms. The molecule has 1 nitrogen and oxygen atoms in total. The lowest BCUT2D eigenvalue weighted by Gasteiger charge is -1.73. The highest BCUT2D eigenvalue weighted by atomic mass is 32.2. The van der Waals surface area contributed by atoms with Crippen LogP contribution in [0.4, 0.5) is 0 Å². The Morgan fingerprint density at radius 2 is 2.62 bits per heavy atom. The molecule has 0 aromatic carbocycles.